The van der Waals surface area contributed by atoms with Crippen LogP contribution in [-0.4, -0.2) is 18.4 Å². The zero-order valence-electron chi connectivity index (χ0n) is 9.13. The summed E-state index contributed by atoms with van der Waals surface area (Å²) in [5, 5.41) is 9.90. The normalized spacial score (nSPS) is 9.69. The van der Waals surface area contributed by atoms with Crippen LogP contribution in [0.1, 0.15) is 12.5 Å². The lowest BCUT2D eigenvalue weighted by Crippen LogP contribution is -2.24. The minimum atomic E-state index is -0.758. The first-order chi connectivity index (χ1) is 7.54. The third-order valence-electron chi connectivity index (χ3n) is 1.94. The van der Waals surface area contributed by atoms with Crippen molar-refractivity contribution in [3.8, 4) is 0 Å². The molecule has 0 atom stereocenters. The zero-order chi connectivity index (χ0) is 12.1. The van der Waals surface area contributed by atoms with Gasteiger partial charge in [0.15, 0.2) is 0 Å². The Balaban J connectivity index is 2.76. The van der Waals surface area contributed by atoms with Crippen molar-refractivity contribution in [1.29, 1.82) is 5.41 Å². The minimum Gasteiger partial charge on any atom is -0.460 e. The van der Waals surface area contributed by atoms with E-state index in [0.717, 1.165) is 5.56 Å². The number of carbonyl (C=O) groups is 1. The van der Waals surface area contributed by atoms with Crippen LogP contribution in [0.4, 0.5) is 10.1 Å². The molecule has 2 N–H and O–H groups in total. The third-order valence-corrected chi connectivity index (χ3v) is 1.94. The molecule has 5 heteroatoms. The van der Waals surface area contributed by atoms with Gasteiger partial charge in [0.05, 0.1) is 6.61 Å². The Hall–Kier alpha value is -1.91. The van der Waals surface area contributed by atoms with Crippen molar-refractivity contribution in [3.63, 3.8) is 0 Å². The SMILES string of the molecule is CCOC(=O)C(=N)Nc1cc(F)ccc1C. The van der Waals surface area contributed by atoms with E-state index in [-0.39, 0.29) is 6.61 Å². The average molecular weight is 224 g/mol. The van der Waals surface area contributed by atoms with Crippen molar-refractivity contribution in [2.45, 2.75) is 13.8 Å². The van der Waals surface area contributed by atoms with Gasteiger partial charge in [-0.2, -0.15) is 0 Å². The number of anilines is 1. The van der Waals surface area contributed by atoms with E-state index in [0.29, 0.717) is 5.69 Å². The maximum Gasteiger partial charge on any atom is 0.373 e. The van der Waals surface area contributed by atoms with Crippen molar-refractivity contribution in [2.24, 2.45) is 0 Å². The molecule has 0 unspecified atom stereocenters. The summed E-state index contributed by atoms with van der Waals surface area (Å²) in [7, 11) is 0. The van der Waals surface area contributed by atoms with Gasteiger partial charge in [-0.1, -0.05) is 6.07 Å². The lowest BCUT2D eigenvalue weighted by atomic mass is 10.2. The molecule has 0 saturated carbocycles. The Morgan fingerprint density at radius 1 is 1.56 bits per heavy atom. The van der Waals surface area contributed by atoms with Gasteiger partial charge < -0.3 is 10.1 Å². The fraction of sp³-hybridized carbons (Fsp3) is 0.273. The van der Waals surface area contributed by atoms with E-state index in [1.165, 1.54) is 12.1 Å². The van der Waals surface area contributed by atoms with Crippen LogP contribution >= 0.6 is 0 Å². The second kappa shape index (κ2) is 5.25. The topological polar surface area (TPSA) is 62.2 Å². The molecule has 0 aliphatic rings. The second-order valence-corrected chi connectivity index (χ2v) is 3.18. The Labute approximate surface area is 92.9 Å². The van der Waals surface area contributed by atoms with E-state index in [9.17, 15) is 9.18 Å². The van der Waals surface area contributed by atoms with Gasteiger partial charge in [-0.25, -0.2) is 9.18 Å². The van der Waals surface area contributed by atoms with Gasteiger partial charge in [0.1, 0.15) is 5.82 Å². The third kappa shape index (κ3) is 3.05. The summed E-state index contributed by atoms with van der Waals surface area (Å²) in [6.45, 7) is 3.60. The number of halogens is 1. The van der Waals surface area contributed by atoms with E-state index < -0.39 is 17.6 Å². The van der Waals surface area contributed by atoms with Crippen LogP contribution in [0.15, 0.2) is 18.2 Å². The van der Waals surface area contributed by atoms with Gasteiger partial charge >= 0.3 is 5.97 Å². The highest BCUT2D eigenvalue weighted by atomic mass is 19.1. The van der Waals surface area contributed by atoms with Crippen LogP contribution in [0.3, 0.4) is 0 Å². The Kier molecular flexibility index (Phi) is 3.99. The van der Waals surface area contributed by atoms with Crippen LogP contribution in [0.2, 0.25) is 0 Å². The zero-order valence-corrected chi connectivity index (χ0v) is 9.13. The number of ether oxygens (including phenoxy) is 1. The highest BCUT2D eigenvalue weighted by Gasteiger charge is 2.11. The fourth-order valence-electron chi connectivity index (χ4n) is 1.12. The number of rotatable bonds is 2. The highest BCUT2D eigenvalue weighted by Crippen LogP contribution is 2.15. The molecule has 4 nitrogen and oxygen atoms in total. The number of hydrogen-bond acceptors (Lipinski definition) is 3. The lowest BCUT2D eigenvalue weighted by molar-refractivity contribution is -0.135. The summed E-state index contributed by atoms with van der Waals surface area (Å²) >= 11 is 0. The van der Waals surface area contributed by atoms with Crippen molar-refractivity contribution < 1.29 is 13.9 Å². The van der Waals surface area contributed by atoms with Crippen molar-refractivity contribution in [2.75, 3.05) is 11.9 Å². The number of aryl methyl sites for hydroxylation is 1. The van der Waals surface area contributed by atoms with E-state index >= 15 is 0 Å². The quantitative estimate of drug-likeness (QED) is 0.459. The molecule has 0 aliphatic carbocycles. The molecule has 0 aromatic heterocycles. The number of nitrogens with one attached hydrogen (secondary N) is 2. The van der Waals surface area contributed by atoms with Crippen LogP contribution in [0, 0.1) is 18.2 Å². The summed E-state index contributed by atoms with van der Waals surface area (Å²) in [6.07, 6.45) is 0. The summed E-state index contributed by atoms with van der Waals surface area (Å²) in [6, 6.07) is 4.10. The predicted molar refractivity (Wildman–Crippen MR) is 59.1 cm³/mol. The molecule has 0 bridgehead atoms. The molecule has 0 radical (unpaired) electrons. The molecule has 0 fully saturated rings. The number of amidine groups is 1. The molecule has 86 valence electrons. The standard InChI is InChI=1S/C11H13FN2O2/c1-3-16-11(15)10(13)14-9-6-8(12)5-4-7(9)2/h4-6H,3H2,1-2H3,(H2,13,14). The Morgan fingerprint density at radius 2 is 2.25 bits per heavy atom. The second-order valence-electron chi connectivity index (χ2n) is 3.18. The molecular weight excluding hydrogens is 211 g/mol. The molecule has 1 aromatic carbocycles. The molecule has 0 heterocycles. The molecule has 0 saturated heterocycles. The molecule has 16 heavy (non-hydrogen) atoms. The molecule has 0 spiro atoms. The molecule has 0 amide bonds. The average Bonchev–Trinajstić information content (AvgIpc) is 2.23. The summed E-state index contributed by atoms with van der Waals surface area (Å²) < 4.78 is 17.5. The van der Waals surface area contributed by atoms with Gasteiger partial charge in [-0.3, -0.25) is 5.41 Å². The molecule has 1 aromatic rings. The van der Waals surface area contributed by atoms with E-state index in [1.54, 1.807) is 19.9 Å². The number of esters is 1. The monoisotopic (exact) mass is 224 g/mol. The van der Waals surface area contributed by atoms with Crippen molar-refractivity contribution in [1.82, 2.24) is 0 Å². The molecule has 0 aliphatic heterocycles. The smallest absolute Gasteiger partial charge is 0.373 e. The predicted octanol–water partition coefficient (Wildman–Crippen LogP) is 2.09. The summed E-state index contributed by atoms with van der Waals surface area (Å²) in [5.41, 5.74) is 1.13. The fourth-order valence-corrected chi connectivity index (χ4v) is 1.12. The van der Waals surface area contributed by atoms with Crippen LogP contribution < -0.4 is 5.32 Å². The van der Waals surface area contributed by atoms with Gasteiger partial charge in [-0.05, 0) is 31.5 Å². The van der Waals surface area contributed by atoms with Gasteiger partial charge in [0.2, 0.25) is 5.84 Å². The van der Waals surface area contributed by atoms with Crippen LogP contribution in [-0.2, 0) is 9.53 Å². The van der Waals surface area contributed by atoms with E-state index in [4.69, 9.17) is 5.41 Å². The summed E-state index contributed by atoms with van der Waals surface area (Å²) in [4.78, 5) is 11.1. The van der Waals surface area contributed by atoms with E-state index in [2.05, 4.69) is 10.1 Å². The van der Waals surface area contributed by atoms with Gasteiger partial charge in [-0.15, -0.1) is 0 Å². The minimum absolute atomic E-state index is 0.199. The highest BCUT2D eigenvalue weighted by molar-refractivity contribution is 6.38. The Morgan fingerprint density at radius 3 is 2.88 bits per heavy atom. The molecule has 1 rings (SSSR count). The molecular formula is C11H13FN2O2. The number of carbonyl (C=O) groups excluding carboxylic acids is 1. The lowest BCUT2D eigenvalue weighted by Gasteiger charge is -2.09. The largest absolute Gasteiger partial charge is 0.460 e. The first-order valence-corrected chi connectivity index (χ1v) is 4.83. The van der Waals surface area contributed by atoms with Crippen molar-refractivity contribution in [3.05, 3.63) is 29.6 Å². The number of hydrogen-bond donors (Lipinski definition) is 2. The summed E-state index contributed by atoms with van der Waals surface area (Å²) in [5.74, 6) is -1.59. The van der Waals surface area contributed by atoms with E-state index in [1.807, 2.05) is 0 Å². The van der Waals surface area contributed by atoms with Crippen LogP contribution in [0.5, 0.6) is 0 Å². The number of benzene rings is 1. The van der Waals surface area contributed by atoms with Crippen LogP contribution in [0.25, 0.3) is 0 Å². The maximum absolute atomic E-state index is 12.9. The maximum atomic E-state index is 12.9. The Bertz CT molecular complexity index is 418. The van der Waals surface area contributed by atoms with Gasteiger partial charge in [0.25, 0.3) is 0 Å². The van der Waals surface area contributed by atoms with Crippen molar-refractivity contribution >= 4 is 17.5 Å². The first kappa shape index (κ1) is 12.2. The van der Waals surface area contributed by atoms with Gasteiger partial charge in [0, 0.05) is 5.69 Å². The first-order valence-electron chi connectivity index (χ1n) is 4.83.